The first-order chi connectivity index (χ1) is 14.6. The van der Waals surface area contributed by atoms with Crippen LogP contribution in [0.15, 0.2) is 77.7 Å². The molecule has 0 aliphatic carbocycles. The summed E-state index contributed by atoms with van der Waals surface area (Å²) in [6.45, 7) is 3.70. The number of nitrogens with one attached hydrogen (secondary N) is 1. The molecule has 4 aromatic rings. The Morgan fingerprint density at radius 3 is 2.53 bits per heavy atom. The van der Waals surface area contributed by atoms with Gasteiger partial charge in [0.25, 0.3) is 17.7 Å². The number of hydrogen-bond acceptors (Lipinski definition) is 4. The molecule has 0 unspecified atom stereocenters. The average molecular weight is 396 g/mol. The largest absolute Gasteiger partial charge is 0.456 e. The fourth-order valence-electron chi connectivity index (χ4n) is 3.73. The summed E-state index contributed by atoms with van der Waals surface area (Å²) in [6, 6.07) is 17.6. The Kier molecular flexibility index (Phi) is 3.99. The van der Waals surface area contributed by atoms with Crippen LogP contribution in [0.5, 0.6) is 0 Å². The lowest BCUT2D eigenvalue weighted by Crippen LogP contribution is -2.29. The number of benzene rings is 3. The molecule has 0 saturated carbocycles. The molecule has 30 heavy (non-hydrogen) atoms. The maximum absolute atomic E-state index is 12.8. The van der Waals surface area contributed by atoms with E-state index in [0.29, 0.717) is 16.8 Å². The number of carbonyl (C=O) groups is 3. The molecule has 0 radical (unpaired) electrons. The van der Waals surface area contributed by atoms with E-state index in [1.165, 1.54) is 18.2 Å². The third-order valence-electron chi connectivity index (χ3n) is 5.18. The van der Waals surface area contributed by atoms with Gasteiger partial charge >= 0.3 is 0 Å². The maximum atomic E-state index is 12.8. The zero-order valence-corrected chi connectivity index (χ0v) is 15.8. The van der Waals surface area contributed by atoms with Crippen LogP contribution in [0.25, 0.3) is 21.9 Å². The molecule has 0 atom stereocenters. The lowest BCUT2D eigenvalue weighted by Gasteiger charge is -2.09. The van der Waals surface area contributed by atoms with E-state index in [9.17, 15) is 14.4 Å². The number of imide groups is 1. The quantitative estimate of drug-likeness (QED) is 0.403. The number of carbonyl (C=O) groups excluding carboxylic acids is 3. The summed E-state index contributed by atoms with van der Waals surface area (Å²) < 4.78 is 5.81. The Hall–Kier alpha value is -4.19. The highest BCUT2D eigenvalue weighted by Crippen LogP contribution is 2.31. The predicted octanol–water partition coefficient (Wildman–Crippen LogP) is 4.62. The highest BCUT2D eigenvalue weighted by molar-refractivity contribution is 6.22. The SMILES string of the molecule is C=CCN1C(=O)c2ccc(C(=O)Nc3ccc4oc5ccccc5c4c3)cc2C1=O. The van der Waals surface area contributed by atoms with E-state index < -0.39 is 5.91 Å². The van der Waals surface area contributed by atoms with Gasteiger partial charge in [-0.3, -0.25) is 19.3 Å². The molecule has 3 aromatic carbocycles. The number of hydrogen-bond donors (Lipinski definition) is 1. The third kappa shape index (κ3) is 2.69. The van der Waals surface area contributed by atoms with Crippen LogP contribution in [0, 0.1) is 0 Å². The van der Waals surface area contributed by atoms with E-state index >= 15 is 0 Å². The van der Waals surface area contributed by atoms with Crippen molar-refractivity contribution in [3.05, 3.63) is 90.0 Å². The normalized spacial score (nSPS) is 13.1. The second-order valence-electron chi connectivity index (χ2n) is 7.03. The molecular formula is C24H16N2O4. The monoisotopic (exact) mass is 396 g/mol. The van der Waals surface area contributed by atoms with E-state index in [-0.39, 0.29) is 23.9 Å². The van der Waals surface area contributed by atoms with E-state index in [2.05, 4.69) is 11.9 Å². The molecule has 1 aliphatic heterocycles. The predicted molar refractivity (Wildman–Crippen MR) is 114 cm³/mol. The molecule has 2 heterocycles. The molecule has 1 aromatic heterocycles. The minimum atomic E-state index is -0.421. The van der Waals surface area contributed by atoms with Crippen LogP contribution < -0.4 is 5.32 Å². The van der Waals surface area contributed by atoms with Crippen LogP contribution in [0.2, 0.25) is 0 Å². The molecule has 3 amide bonds. The van der Waals surface area contributed by atoms with Crippen molar-refractivity contribution < 1.29 is 18.8 Å². The van der Waals surface area contributed by atoms with E-state index in [1.807, 2.05) is 36.4 Å². The first-order valence-corrected chi connectivity index (χ1v) is 9.40. The second-order valence-corrected chi connectivity index (χ2v) is 7.03. The number of rotatable bonds is 4. The van der Waals surface area contributed by atoms with Gasteiger partial charge in [-0.25, -0.2) is 0 Å². The van der Waals surface area contributed by atoms with Gasteiger partial charge < -0.3 is 9.73 Å². The van der Waals surface area contributed by atoms with Crippen molar-refractivity contribution in [1.29, 1.82) is 0 Å². The molecular weight excluding hydrogens is 380 g/mol. The number of nitrogens with zero attached hydrogens (tertiary/aromatic N) is 1. The summed E-state index contributed by atoms with van der Waals surface area (Å²) in [5.41, 5.74) is 2.94. The van der Waals surface area contributed by atoms with Crippen molar-refractivity contribution in [2.75, 3.05) is 11.9 Å². The smallest absolute Gasteiger partial charge is 0.261 e. The number of fused-ring (bicyclic) bond motifs is 4. The summed E-state index contributed by atoms with van der Waals surface area (Å²) in [7, 11) is 0. The van der Waals surface area contributed by atoms with E-state index in [0.717, 1.165) is 26.8 Å². The number of para-hydroxylation sites is 1. The Bertz CT molecular complexity index is 1380. The standard InChI is InChI=1S/C24H16N2O4/c1-2-11-26-23(28)17-9-7-14(12-19(17)24(26)29)22(27)25-15-8-10-21-18(13-15)16-5-3-4-6-20(16)30-21/h2-10,12-13H,1,11H2,(H,25,27). The number of amides is 3. The molecule has 1 aliphatic rings. The van der Waals surface area contributed by atoms with Crippen LogP contribution in [0.4, 0.5) is 5.69 Å². The van der Waals surface area contributed by atoms with Crippen molar-refractivity contribution >= 4 is 45.3 Å². The molecule has 0 saturated heterocycles. The number of anilines is 1. The van der Waals surface area contributed by atoms with Gasteiger partial charge in [0, 0.05) is 28.6 Å². The molecule has 5 rings (SSSR count). The minimum absolute atomic E-state index is 0.131. The first-order valence-electron chi connectivity index (χ1n) is 9.40. The van der Waals surface area contributed by atoms with Gasteiger partial charge in [-0.05, 0) is 42.5 Å². The topological polar surface area (TPSA) is 79.6 Å². The molecule has 0 fully saturated rings. The molecule has 146 valence electrons. The van der Waals surface area contributed by atoms with Gasteiger partial charge in [0.1, 0.15) is 11.2 Å². The van der Waals surface area contributed by atoms with Gasteiger partial charge in [-0.2, -0.15) is 0 Å². The fraction of sp³-hybridized carbons (Fsp3) is 0.0417. The van der Waals surface area contributed by atoms with Crippen molar-refractivity contribution in [2.45, 2.75) is 0 Å². The van der Waals surface area contributed by atoms with Crippen molar-refractivity contribution in [1.82, 2.24) is 4.90 Å². The third-order valence-corrected chi connectivity index (χ3v) is 5.18. The summed E-state index contributed by atoms with van der Waals surface area (Å²) >= 11 is 0. The van der Waals surface area contributed by atoms with Crippen LogP contribution in [0.1, 0.15) is 31.1 Å². The summed E-state index contributed by atoms with van der Waals surface area (Å²) in [5.74, 6) is -1.16. The summed E-state index contributed by atoms with van der Waals surface area (Å²) in [5, 5.41) is 4.72. The van der Waals surface area contributed by atoms with Crippen LogP contribution in [-0.2, 0) is 0 Å². The maximum Gasteiger partial charge on any atom is 0.261 e. The summed E-state index contributed by atoms with van der Waals surface area (Å²) in [6.07, 6.45) is 1.49. The highest BCUT2D eigenvalue weighted by Gasteiger charge is 2.35. The minimum Gasteiger partial charge on any atom is -0.456 e. The van der Waals surface area contributed by atoms with E-state index in [4.69, 9.17) is 4.42 Å². The zero-order chi connectivity index (χ0) is 20.8. The lowest BCUT2D eigenvalue weighted by atomic mass is 10.1. The van der Waals surface area contributed by atoms with Crippen LogP contribution in [0.3, 0.4) is 0 Å². The Morgan fingerprint density at radius 1 is 0.933 bits per heavy atom. The Morgan fingerprint density at radius 2 is 1.70 bits per heavy atom. The van der Waals surface area contributed by atoms with Crippen molar-refractivity contribution in [2.24, 2.45) is 0 Å². The Balaban J connectivity index is 1.45. The highest BCUT2D eigenvalue weighted by atomic mass is 16.3. The van der Waals surface area contributed by atoms with Gasteiger partial charge in [0.05, 0.1) is 11.1 Å². The van der Waals surface area contributed by atoms with E-state index in [1.54, 1.807) is 12.1 Å². The lowest BCUT2D eigenvalue weighted by molar-refractivity contribution is 0.0672. The van der Waals surface area contributed by atoms with Crippen molar-refractivity contribution in [3.8, 4) is 0 Å². The molecule has 1 N–H and O–H groups in total. The zero-order valence-electron chi connectivity index (χ0n) is 15.8. The first kappa shape index (κ1) is 17.9. The number of furan rings is 1. The van der Waals surface area contributed by atoms with Crippen LogP contribution in [-0.4, -0.2) is 29.2 Å². The fourth-order valence-corrected chi connectivity index (χ4v) is 3.73. The van der Waals surface area contributed by atoms with Crippen LogP contribution >= 0.6 is 0 Å². The Labute approximate surface area is 171 Å². The molecule has 6 nitrogen and oxygen atoms in total. The van der Waals surface area contributed by atoms with Gasteiger partial charge in [0.2, 0.25) is 0 Å². The average Bonchev–Trinajstić information content (AvgIpc) is 3.24. The summed E-state index contributed by atoms with van der Waals surface area (Å²) in [4.78, 5) is 38.7. The molecule has 6 heteroatoms. The van der Waals surface area contributed by atoms with Gasteiger partial charge in [-0.1, -0.05) is 24.3 Å². The van der Waals surface area contributed by atoms with Gasteiger partial charge in [-0.15, -0.1) is 6.58 Å². The van der Waals surface area contributed by atoms with Crippen molar-refractivity contribution in [3.63, 3.8) is 0 Å². The molecule has 0 spiro atoms. The van der Waals surface area contributed by atoms with Gasteiger partial charge in [0.15, 0.2) is 0 Å². The second kappa shape index (κ2) is 6.70. The molecule has 0 bridgehead atoms.